The molecule has 3 rings (SSSR count). The average Bonchev–Trinajstić information content (AvgIpc) is 3.19. The van der Waals surface area contributed by atoms with Crippen LogP contribution in [0.3, 0.4) is 0 Å². The van der Waals surface area contributed by atoms with E-state index in [1.54, 1.807) is 11.0 Å². The molecule has 0 atom stereocenters. The van der Waals surface area contributed by atoms with Gasteiger partial charge < -0.3 is 4.90 Å². The van der Waals surface area contributed by atoms with Crippen LogP contribution >= 0.6 is 0 Å². The Balaban J connectivity index is 2.00. The topological polar surface area (TPSA) is 78.8 Å². The van der Waals surface area contributed by atoms with E-state index in [2.05, 4.69) is 10.3 Å². The lowest BCUT2D eigenvalue weighted by Gasteiger charge is -2.30. The zero-order chi connectivity index (χ0) is 14.2. The zero-order valence-electron chi connectivity index (χ0n) is 10.8. The van der Waals surface area contributed by atoms with Crippen LogP contribution in [0.4, 0.5) is 5.69 Å². The van der Waals surface area contributed by atoms with Crippen molar-refractivity contribution in [1.29, 1.82) is 0 Å². The molecule has 6 nitrogen and oxygen atoms in total. The first-order valence-corrected chi connectivity index (χ1v) is 6.41. The lowest BCUT2D eigenvalue weighted by Crippen LogP contribution is -2.51. The molecule has 0 bridgehead atoms. The third-order valence-corrected chi connectivity index (χ3v) is 3.68. The summed E-state index contributed by atoms with van der Waals surface area (Å²) in [5, 5.41) is 2.27. The Morgan fingerprint density at radius 2 is 1.80 bits per heavy atom. The number of carbonyl (C=O) groups is 2. The molecule has 1 saturated carbocycles. The smallest absolute Gasteiger partial charge is 0.246 e. The zero-order valence-corrected chi connectivity index (χ0v) is 10.8. The molecule has 2 aliphatic rings. The van der Waals surface area contributed by atoms with Crippen LogP contribution in [0.2, 0.25) is 0 Å². The summed E-state index contributed by atoms with van der Waals surface area (Å²) >= 11 is 0. The lowest BCUT2D eigenvalue weighted by molar-refractivity contribution is -0.130. The van der Waals surface area contributed by atoms with E-state index in [0.29, 0.717) is 0 Å². The lowest BCUT2D eigenvalue weighted by atomic mass is 10.0. The van der Waals surface area contributed by atoms with Crippen molar-refractivity contribution in [1.82, 2.24) is 5.32 Å². The Morgan fingerprint density at radius 3 is 2.40 bits per heavy atom. The van der Waals surface area contributed by atoms with Crippen molar-refractivity contribution in [3.8, 4) is 0 Å². The van der Waals surface area contributed by atoms with E-state index in [0.717, 1.165) is 24.1 Å². The van der Waals surface area contributed by atoms with Gasteiger partial charge in [-0.25, -0.2) is 4.79 Å². The van der Waals surface area contributed by atoms with Gasteiger partial charge in [0.15, 0.2) is 0 Å². The highest BCUT2D eigenvalue weighted by molar-refractivity contribution is 6.02. The summed E-state index contributed by atoms with van der Waals surface area (Å²) in [6.07, 6.45) is 3.20. The molecule has 0 radical (unpaired) electrons. The largest absolute Gasteiger partial charge is 0.353 e. The van der Waals surface area contributed by atoms with Gasteiger partial charge in [-0.15, -0.1) is 0 Å². The minimum absolute atomic E-state index is 0.129. The fourth-order valence-corrected chi connectivity index (χ4v) is 2.60. The van der Waals surface area contributed by atoms with Crippen molar-refractivity contribution < 1.29 is 14.4 Å². The maximum absolute atomic E-state index is 11.5. The number of aliphatic imine (C=N–C) groups is 1. The van der Waals surface area contributed by atoms with Gasteiger partial charge in [0.1, 0.15) is 5.54 Å². The number of piperazine rings is 1. The van der Waals surface area contributed by atoms with Crippen molar-refractivity contribution >= 4 is 23.6 Å². The number of carbonyl (C=O) groups excluding carboxylic acids is 3. The Hall–Kier alpha value is -2.46. The van der Waals surface area contributed by atoms with E-state index in [-0.39, 0.29) is 24.9 Å². The second-order valence-electron chi connectivity index (χ2n) is 5.08. The van der Waals surface area contributed by atoms with E-state index in [9.17, 15) is 14.4 Å². The number of nitrogens with one attached hydrogen (secondary N) is 1. The van der Waals surface area contributed by atoms with Gasteiger partial charge in [-0.3, -0.25) is 14.9 Å². The third-order valence-electron chi connectivity index (χ3n) is 3.68. The first kappa shape index (κ1) is 12.6. The third kappa shape index (κ3) is 2.10. The summed E-state index contributed by atoms with van der Waals surface area (Å²) in [7, 11) is 0. The Kier molecular flexibility index (Phi) is 2.88. The van der Waals surface area contributed by atoms with E-state index in [4.69, 9.17) is 0 Å². The number of imide groups is 1. The predicted octanol–water partition coefficient (Wildman–Crippen LogP) is 0.474. The van der Waals surface area contributed by atoms with Crippen molar-refractivity contribution in [2.75, 3.05) is 18.0 Å². The predicted molar refractivity (Wildman–Crippen MR) is 70.8 cm³/mol. The minimum Gasteiger partial charge on any atom is -0.353 e. The maximum atomic E-state index is 11.5. The normalized spacial score (nSPS) is 20.1. The van der Waals surface area contributed by atoms with Crippen molar-refractivity contribution in [2.45, 2.75) is 18.4 Å². The molecule has 2 fully saturated rings. The average molecular weight is 271 g/mol. The molecule has 1 saturated heterocycles. The van der Waals surface area contributed by atoms with Gasteiger partial charge >= 0.3 is 0 Å². The van der Waals surface area contributed by atoms with Crippen LogP contribution < -0.4 is 10.2 Å². The number of anilines is 1. The second-order valence-corrected chi connectivity index (χ2v) is 5.08. The molecule has 1 N–H and O–H groups in total. The van der Waals surface area contributed by atoms with E-state index >= 15 is 0 Å². The van der Waals surface area contributed by atoms with Gasteiger partial charge in [0.2, 0.25) is 17.9 Å². The number of rotatable bonds is 3. The van der Waals surface area contributed by atoms with Crippen LogP contribution in [0, 0.1) is 0 Å². The Bertz CT molecular complexity index is 614. The molecule has 102 valence electrons. The number of benzene rings is 1. The number of nitrogens with zero attached hydrogens (tertiary/aromatic N) is 2. The fraction of sp³-hybridized carbons (Fsp3) is 0.357. The van der Waals surface area contributed by atoms with E-state index < -0.39 is 5.54 Å². The van der Waals surface area contributed by atoms with Gasteiger partial charge in [0.05, 0.1) is 13.1 Å². The molecular weight excluding hydrogens is 258 g/mol. The monoisotopic (exact) mass is 271 g/mol. The van der Waals surface area contributed by atoms with Crippen molar-refractivity contribution in [3.05, 3.63) is 29.8 Å². The Morgan fingerprint density at radius 1 is 1.15 bits per heavy atom. The molecule has 0 spiro atoms. The minimum atomic E-state index is -0.519. The van der Waals surface area contributed by atoms with Gasteiger partial charge in [-0.1, -0.05) is 18.2 Å². The van der Waals surface area contributed by atoms with Crippen LogP contribution in [-0.4, -0.2) is 31.0 Å². The summed E-state index contributed by atoms with van der Waals surface area (Å²) in [6, 6.07) is 7.45. The van der Waals surface area contributed by atoms with Crippen LogP contribution in [0.5, 0.6) is 0 Å². The molecule has 1 heterocycles. The quantitative estimate of drug-likeness (QED) is 0.492. The number of amides is 2. The fourth-order valence-electron chi connectivity index (χ4n) is 2.60. The van der Waals surface area contributed by atoms with Gasteiger partial charge in [0.25, 0.3) is 0 Å². The number of hydrogen-bond acceptors (Lipinski definition) is 5. The second kappa shape index (κ2) is 4.58. The molecule has 20 heavy (non-hydrogen) atoms. The molecule has 1 aromatic rings. The summed E-state index contributed by atoms with van der Waals surface area (Å²) < 4.78 is 0. The highest BCUT2D eigenvalue weighted by Gasteiger charge is 2.47. The highest BCUT2D eigenvalue weighted by Crippen LogP contribution is 2.52. The SMILES string of the molecule is O=C=NC1(c2ccccc2N2CC(=O)NC(=O)C2)CC1. The molecule has 0 unspecified atom stereocenters. The van der Waals surface area contributed by atoms with E-state index in [1.807, 2.05) is 24.3 Å². The summed E-state index contributed by atoms with van der Waals surface area (Å²) in [6.45, 7) is 0.257. The van der Waals surface area contributed by atoms with E-state index in [1.165, 1.54) is 0 Å². The van der Waals surface area contributed by atoms with Crippen LogP contribution in [-0.2, 0) is 19.9 Å². The first-order chi connectivity index (χ1) is 9.64. The molecule has 1 aliphatic heterocycles. The van der Waals surface area contributed by atoms with Gasteiger partial charge in [-0.2, -0.15) is 4.99 Å². The molecular formula is C14H13N3O3. The molecule has 0 aromatic heterocycles. The van der Waals surface area contributed by atoms with Gasteiger partial charge in [-0.05, 0) is 18.9 Å². The standard InChI is InChI=1S/C14H13N3O3/c18-9-15-14(5-6-14)10-3-1-2-4-11(10)17-7-12(19)16-13(20)8-17/h1-4H,5-8H2,(H,16,19,20). The summed E-state index contributed by atoms with van der Waals surface area (Å²) in [5.74, 6) is -0.639. The number of para-hydroxylation sites is 1. The summed E-state index contributed by atoms with van der Waals surface area (Å²) in [5.41, 5.74) is 1.15. The number of isocyanates is 1. The molecule has 6 heteroatoms. The van der Waals surface area contributed by atoms with Crippen LogP contribution in [0.25, 0.3) is 0 Å². The van der Waals surface area contributed by atoms with Crippen molar-refractivity contribution in [3.63, 3.8) is 0 Å². The molecule has 1 aliphatic carbocycles. The van der Waals surface area contributed by atoms with Crippen molar-refractivity contribution in [2.24, 2.45) is 4.99 Å². The molecule has 2 amide bonds. The first-order valence-electron chi connectivity index (χ1n) is 6.41. The highest BCUT2D eigenvalue weighted by atomic mass is 16.2. The number of hydrogen-bond donors (Lipinski definition) is 1. The molecule has 1 aromatic carbocycles. The van der Waals surface area contributed by atoms with Gasteiger partial charge in [0, 0.05) is 11.3 Å². The maximum Gasteiger partial charge on any atom is 0.246 e. The van der Waals surface area contributed by atoms with Crippen LogP contribution in [0.1, 0.15) is 18.4 Å². The Labute approximate surface area is 115 Å². The van der Waals surface area contributed by atoms with Crippen LogP contribution in [0.15, 0.2) is 29.3 Å². The summed E-state index contributed by atoms with van der Waals surface area (Å²) in [4.78, 5) is 39.2.